The van der Waals surface area contributed by atoms with E-state index in [-0.39, 0.29) is 0 Å². The zero-order valence-corrected chi connectivity index (χ0v) is 11.7. The van der Waals surface area contributed by atoms with Crippen molar-refractivity contribution in [1.82, 2.24) is 9.13 Å². The van der Waals surface area contributed by atoms with Gasteiger partial charge in [-0.05, 0) is 12.1 Å². The highest BCUT2D eigenvalue weighted by molar-refractivity contribution is 6.03. The Kier molecular flexibility index (Phi) is 2.27. The molecule has 20 heavy (non-hydrogen) atoms. The minimum Gasteiger partial charge on any atom is -0.350 e. The zero-order valence-electron chi connectivity index (χ0n) is 11.7. The molecule has 0 aliphatic heterocycles. The lowest BCUT2D eigenvalue weighted by molar-refractivity contribution is 0.965. The number of fused-ring (bicyclic) bond motifs is 2. The predicted molar refractivity (Wildman–Crippen MR) is 84.8 cm³/mol. The van der Waals surface area contributed by atoms with Crippen LogP contribution in [0, 0.1) is 0 Å². The molecule has 0 aliphatic carbocycles. The molecule has 0 aliphatic rings. The first-order chi connectivity index (χ1) is 9.75. The van der Waals surface area contributed by atoms with Gasteiger partial charge >= 0.3 is 0 Å². The van der Waals surface area contributed by atoms with E-state index in [1.807, 2.05) is 0 Å². The summed E-state index contributed by atoms with van der Waals surface area (Å²) in [5.41, 5.74) is 5.17. The van der Waals surface area contributed by atoms with Gasteiger partial charge in [0.25, 0.3) is 0 Å². The molecule has 0 bridgehead atoms. The van der Waals surface area contributed by atoms with Crippen LogP contribution in [0.3, 0.4) is 0 Å². The second kappa shape index (κ2) is 4.01. The fourth-order valence-electron chi connectivity index (χ4n) is 3.15. The molecule has 2 aromatic heterocycles. The lowest BCUT2D eigenvalue weighted by atomic mass is 10.0. The van der Waals surface area contributed by atoms with Gasteiger partial charge < -0.3 is 9.13 Å². The van der Waals surface area contributed by atoms with E-state index in [4.69, 9.17) is 0 Å². The average molecular weight is 260 g/mol. The van der Waals surface area contributed by atoms with Crippen LogP contribution >= 0.6 is 0 Å². The summed E-state index contributed by atoms with van der Waals surface area (Å²) in [6.07, 6.45) is 4.25. The predicted octanol–water partition coefficient (Wildman–Crippen LogP) is 4.34. The summed E-state index contributed by atoms with van der Waals surface area (Å²) in [5.74, 6) is 0. The van der Waals surface area contributed by atoms with Crippen molar-refractivity contribution in [2.24, 2.45) is 14.1 Å². The molecule has 0 saturated carbocycles. The molecule has 2 heterocycles. The Morgan fingerprint density at radius 3 is 1.50 bits per heavy atom. The van der Waals surface area contributed by atoms with E-state index in [0.717, 1.165) is 0 Å². The number of benzene rings is 2. The maximum absolute atomic E-state index is 2.21. The Balaban J connectivity index is 2.16. The Hall–Kier alpha value is -2.48. The molecule has 0 unspecified atom stereocenters. The monoisotopic (exact) mass is 260 g/mol. The number of para-hydroxylation sites is 2. The highest BCUT2D eigenvalue weighted by Gasteiger charge is 2.11. The lowest BCUT2D eigenvalue weighted by Gasteiger charge is -2.10. The summed E-state index contributed by atoms with van der Waals surface area (Å²) >= 11 is 0. The Morgan fingerprint density at radius 1 is 0.600 bits per heavy atom. The largest absolute Gasteiger partial charge is 0.350 e. The second-order valence-corrected chi connectivity index (χ2v) is 5.34. The quantitative estimate of drug-likeness (QED) is 0.482. The molecule has 4 rings (SSSR count). The summed E-state index contributed by atoms with van der Waals surface area (Å²) in [4.78, 5) is 0. The Bertz CT molecular complexity index is 847. The Morgan fingerprint density at radius 2 is 1.05 bits per heavy atom. The van der Waals surface area contributed by atoms with Gasteiger partial charge in [0.05, 0.1) is 11.0 Å². The third kappa shape index (κ3) is 1.45. The van der Waals surface area contributed by atoms with Gasteiger partial charge in [0.1, 0.15) is 0 Å². The van der Waals surface area contributed by atoms with E-state index in [0.29, 0.717) is 0 Å². The molecule has 4 aromatic rings. The van der Waals surface area contributed by atoms with Crippen LogP contribution in [0.5, 0.6) is 0 Å². The average Bonchev–Trinajstić information content (AvgIpc) is 3.03. The van der Waals surface area contributed by atoms with Gasteiger partial charge in [0.15, 0.2) is 0 Å². The van der Waals surface area contributed by atoms with Crippen LogP contribution in [0.1, 0.15) is 0 Å². The summed E-state index contributed by atoms with van der Waals surface area (Å²) in [7, 11) is 4.22. The van der Waals surface area contributed by atoms with Crippen LogP contribution in [0.15, 0.2) is 60.9 Å². The molecule has 0 N–H and O–H groups in total. The summed E-state index contributed by atoms with van der Waals surface area (Å²) in [6.45, 7) is 0. The SMILES string of the molecule is Cn1ccc2cccc(-c3cccc4ccn(C)c34)c21. The molecular formula is C18H16N2. The van der Waals surface area contributed by atoms with Crippen LogP contribution in [0.4, 0.5) is 0 Å². The minimum atomic E-state index is 1.29. The van der Waals surface area contributed by atoms with Crippen LogP contribution in [-0.4, -0.2) is 9.13 Å². The molecule has 0 amide bonds. The highest BCUT2D eigenvalue weighted by atomic mass is 14.9. The summed E-state index contributed by atoms with van der Waals surface area (Å²) in [6, 6.07) is 17.4. The second-order valence-electron chi connectivity index (χ2n) is 5.34. The first-order valence-corrected chi connectivity index (χ1v) is 6.84. The van der Waals surface area contributed by atoms with Crippen molar-refractivity contribution in [2.75, 3.05) is 0 Å². The van der Waals surface area contributed by atoms with Crippen molar-refractivity contribution in [2.45, 2.75) is 0 Å². The van der Waals surface area contributed by atoms with E-state index in [9.17, 15) is 0 Å². The van der Waals surface area contributed by atoms with Gasteiger partial charge in [-0.3, -0.25) is 0 Å². The maximum atomic E-state index is 2.21. The third-order valence-electron chi connectivity index (χ3n) is 4.09. The van der Waals surface area contributed by atoms with Gasteiger partial charge in [-0.15, -0.1) is 0 Å². The van der Waals surface area contributed by atoms with E-state index < -0.39 is 0 Å². The molecular weight excluding hydrogens is 244 g/mol. The van der Waals surface area contributed by atoms with E-state index >= 15 is 0 Å². The van der Waals surface area contributed by atoms with E-state index in [2.05, 4.69) is 84.2 Å². The van der Waals surface area contributed by atoms with Gasteiger partial charge in [0.2, 0.25) is 0 Å². The van der Waals surface area contributed by atoms with Crippen molar-refractivity contribution in [1.29, 1.82) is 0 Å². The van der Waals surface area contributed by atoms with Crippen molar-refractivity contribution < 1.29 is 0 Å². The number of aromatic nitrogens is 2. The lowest BCUT2D eigenvalue weighted by Crippen LogP contribution is -1.92. The molecule has 0 saturated heterocycles. The van der Waals surface area contributed by atoms with Crippen molar-refractivity contribution in [3.05, 3.63) is 60.9 Å². The number of aryl methyl sites for hydroxylation is 2. The maximum Gasteiger partial charge on any atom is 0.0558 e. The van der Waals surface area contributed by atoms with Gasteiger partial charge in [-0.2, -0.15) is 0 Å². The number of hydrogen-bond donors (Lipinski definition) is 0. The van der Waals surface area contributed by atoms with Crippen LogP contribution in [0.25, 0.3) is 32.9 Å². The molecule has 0 fully saturated rings. The summed E-state index contributed by atoms with van der Waals surface area (Å²) < 4.78 is 4.40. The molecule has 98 valence electrons. The number of rotatable bonds is 1. The van der Waals surface area contributed by atoms with Gasteiger partial charge in [-0.1, -0.05) is 36.4 Å². The van der Waals surface area contributed by atoms with Crippen molar-refractivity contribution in [3.8, 4) is 11.1 Å². The first-order valence-electron chi connectivity index (χ1n) is 6.84. The molecule has 2 aromatic carbocycles. The molecule has 0 spiro atoms. The molecule has 2 heteroatoms. The molecule has 2 nitrogen and oxygen atoms in total. The smallest absolute Gasteiger partial charge is 0.0558 e. The fraction of sp³-hybridized carbons (Fsp3) is 0.111. The summed E-state index contributed by atoms with van der Waals surface area (Å²) in [5, 5.41) is 2.58. The number of hydrogen-bond acceptors (Lipinski definition) is 0. The van der Waals surface area contributed by atoms with E-state index in [1.54, 1.807) is 0 Å². The normalized spacial score (nSPS) is 11.5. The van der Waals surface area contributed by atoms with Gasteiger partial charge in [0, 0.05) is 48.4 Å². The van der Waals surface area contributed by atoms with Crippen LogP contribution in [-0.2, 0) is 14.1 Å². The van der Waals surface area contributed by atoms with Crippen molar-refractivity contribution >= 4 is 21.8 Å². The van der Waals surface area contributed by atoms with Gasteiger partial charge in [-0.25, -0.2) is 0 Å². The highest BCUT2D eigenvalue weighted by Crippen LogP contribution is 2.34. The van der Waals surface area contributed by atoms with Crippen molar-refractivity contribution in [3.63, 3.8) is 0 Å². The fourth-order valence-corrected chi connectivity index (χ4v) is 3.15. The molecule has 0 atom stereocenters. The van der Waals surface area contributed by atoms with E-state index in [1.165, 1.54) is 32.9 Å². The topological polar surface area (TPSA) is 9.86 Å². The number of nitrogens with zero attached hydrogens (tertiary/aromatic N) is 2. The zero-order chi connectivity index (χ0) is 13.7. The first kappa shape index (κ1) is 11.4. The Labute approximate surface area is 117 Å². The standard InChI is InChI=1S/C18H16N2/c1-19-11-9-13-5-3-7-15(17(13)19)16-8-4-6-14-10-12-20(2)18(14)16/h3-12H,1-2H3. The molecule has 0 radical (unpaired) electrons. The van der Waals surface area contributed by atoms with Crippen LogP contribution < -0.4 is 0 Å². The minimum absolute atomic E-state index is 1.29. The third-order valence-corrected chi connectivity index (χ3v) is 4.09. The van der Waals surface area contributed by atoms with Crippen LogP contribution in [0.2, 0.25) is 0 Å².